The number of likely N-dealkylation sites (tertiary alicyclic amines) is 1. The van der Waals surface area contributed by atoms with Crippen molar-refractivity contribution in [3.05, 3.63) is 18.6 Å². The fourth-order valence-electron chi connectivity index (χ4n) is 4.68. The average molecular weight is 445 g/mol. The average Bonchev–Trinajstić information content (AvgIpc) is 3.50. The smallest absolute Gasteiger partial charge is 0.323 e. The zero-order chi connectivity index (χ0) is 20.7. The van der Waals surface area contributed by atoms with Crippen molar-refractivity contribution in [3.63, 3.8) is 0 Å². The quantitative estimate of drug-likeness (QED) is 0.582. The van der Waals surface area contributed by atoms with Gasteiger partial charge in [-0.05, 0) is 36.5 Å². The van der Waals surface area contributed by atoms with Gasteiger partial charge in [-0.15, -0.1) is 0 Å². The van der Waals surface area contributed by atoms with Crippen LogP contribution in [0.5, 0.6) is 0 Å². The molecule has 2 N–H and O–H groups in total. The fourth-order valence-corrected chi connectivity index (χ4v) is 5.94. The number of thioether (sulfide) groups is 1. The van der Waals surface area contributed by atoms with Crippen LogP contribution in [0.15, 0.2) is 23.7 Å². The topological polar surface area (TPSA) is 103 Å². The summed E-state index contributed by atoms with van der Waals surface area (Å²) < 4.78 is 4.26. The maximum absolute atomic E-state index is 12.7. The number of urea groups is 1. The Labute approximate surface area is 182 Å². The van der Waals surface area contributed by atoms with Gasteiger partial charge in [0.15, 0.2) is 0 Å². The highest BCUT2D eigenvalue weighted by atomic mass is 32.2. The number of hydrogen-bond acceptors (Lipinski definition) is 8. The third-order valence-electron chi connectivity index (χ3n) is 6.12. The van der Waals surface area contributed by atoms with Gasteiger partial charge >= 0.3 is 6.03 Å². The Morgan fingerprint density at radius 2 is 2.17 bits per heavy atom. The molecule has 3 atom stereocenters. The molecule has 2 aliphatic rings. The monoisotopic (exact) mass is 444 g/mol. The molecule has 5 rings (SSSR count). The summed E-state index contributed by atoms with van der Waals surface area (Å²) in [6.45, 7) is 3.64. The first-order chi connectivity index (χ1) is 14.6. The zero-order valence-electron chi connectivity index (χ0n) is 16.9. The molecular formula is C19H24N8OS2. The molecule has 4 heterocycles. The van der Waals surface area contributed by atoms with Gasteiger partial charge in [-0.2, -0.15) is 9.36 Å². The summed E-state index contributed by atoms with van der Waals surface area (Å²) in [6, 6.07) is 2.39. The maximum Gasteiger partial charge on any atom is 0.323 e. The van der Waals surface area contributed by atoms with Crippen LogP contribution in [0.1, 0.15) is 19.8 Å². The number of H-pyrrole nitrogens is 1. The van der Waals surface area contributed by atoms with Crippen molar-refractivity contribution in [2.24, 2.45) is 11.8 Å². The molecule has 0 aromatic carbocycles. The van der Waals surface area contributed by atoms with E-state index in [4.69, 9.17) is 0 Å². The van der Waals surface area contributed by atoms with E-state index in [1.807, 2.05) is 17.2 Å². The van der Waals surface area contributed by atoms with E-state index < -0.39 is 0 Å². The van der Waals surface area contributed by atoms with Crippen LogP contribution in [0.3, 0.4) is 0 Å². The fraction of sp³-hybridized carbons (Fsp3) is 0.526. The molecule has 0 bridgehead atoms. The normalized spacial score (nSPS) is 23.1. The number of anilines is 2. The Bertz CT molecular complexity index is 1040. The summed E-state index contributed by atoms with van der Waals surface area (Å²) in [7, 11) is 2.12. The van der Waals surface area contributed by atoms with Gasteiger partial charge in [0.05, 0.1) is 5.39 Å². The molecular weight excluding hydrogens is 420 g/mol. The van der Waals surface area contributed by atoms with Crippen LogP contribution in [0.4, 0.5) is 15.7 Å². The van der Waals surface area contributed by atoms with E-state index in [1.54, 1.807) is 18.1 Å². The highest BCUT2D eigenvalue weighted by Gasteiger charge is 2.44. The lowest BCUT2D eigenvalue weighted by Crippen LogP contribution is -2.36. The number of rotatable bonds is 5. The molecule has 30 heavy (non-hydrogen) atoms. The zero-order valence-corrected chi connectivity index (χ0v) is 18.5. The predicted octanol–water partition coefficient (Wildman–Crippen LogP) is 3.30. The van der Waals surface area contributed by atoms with Gasteiger partial charge in [0, 0.05) is 43.9 Å². The van der Waals surface area contributed by atoms with Crippen LogP contribution >= 0.6 is 23.3 Å². The summed E-state index contributed by atoms with van der Waals surface area (Å²) in [4.78, 5) is 33.2. The Morgan fingerprint density at radius 1 is 1.37 bits per heavy atom. The van der Waals surface area contributed by atoms with Crippen LogP contribution in [0, 0.1) is 11.8 Å². The maximum atomic E-state index is 12.7. The summed E-state index contributed by atoms with van der Waals surface area (Å²) in [5.74, 6) is 2.93. The highest BCUT2D eigenvalue weighted by Crippen LogP contribution is 2.41. The van der Waals surface area contributed by atoms with Crippen molar-refractivity contribution in [2.45, 2.75) is 31.0 Å². The Hall–Kier alpha value is -2.40. The van der Waals surface area contributed by atoms with Gasteiger partial charge < -0.3 is 14.8 Å². The van der Waals surface area contributed by atoms with Crippen LogP contribution in [-0.4, -0.2) is 67.2 Å². The number of nitrogens with zero attached hydrogens (tertiary/aromatic N) is 6. The summed E-state index contributed by atoms with van der Waals surface area (Å²) in [5, 5.41) is 5.27. The van der Waals surface area contributed by atoms with E-state index in [9.17, 15) is 4.79 Å². The second-order valence-electron chi connectivity index (χ2n) is 7.84. The summed E-state index contributed by atoms with van der Waals surface area (Å²) >= 11 is 2.82. The first-order valence-electron chi connectivity index (χ1n) is 10.2. The Kier molecular flexibility index (Phi) is 5.23. The van der Waals surface area contributed by atoms with E-state index >= 15 is 0 Å². The molecule has 1 aliphatic carbocycles. The Morgan fingerprint density at radius 3 is 2.93 bits per heavy atom. The van der Waals surface area contributed by atoms with E-state index in [-0.39, 0.29) is 6.03 Å². The third-order valence-corrected chi connectivity index (χ3v) is 7.60. The number of carbonyl (C=O) groups excluding carboxylic acids is 1. The van der Waals surface area contributed by atoms with Crippen molar-refractivity contribution in [2.75, 3.05) is 36.1 Å². The molecule has 3 aromatic rings. The van der Waals surface area contributed by atoms with Crippen LogP contribution in [0.2, 0.25) is 0 Å². The number of amides is 2. The van der Waals surface area contributed by atoms with Gasteiger partial charge in [-0.3, -0.25) is 5.32 Å². The second kappa shape index (κ2) is 8.03. The standard InChI is InChI=1S/C19H24N8OS2/c1-3-29-18-23-17(30-25-18)24-19(28)27-8-11-6-13(7-12(11)9-27)26(2)16-14-4-5-20-15(14)21-10-22-16/h4-5,10-13H,3,6-9H2,1-2H3,(H,20,21,22)(H,23,24,25,28)/t11-,12+,13+. The number of hydrogen-bond donors (Lipinski definition) is 2. The van der Waals surface area contributed by atoms with E-state index in [1.165, 1.54) is 11.5 Å². The van der Waals surface area contributed by atoms with Gasteiger partial charge in [0.2, 0.25) is 10.3 Å². The SMILES string of the molecule is CCSc1nsc(NC(=O)N2C[C@H]3C[C@H](N(C)c4ncnc5[nH]ccc45)C[C@H]3C2)n1. The molecule has 2 fully saturated rings. The molecule has 3 aromatic heterocycles. The lowest BCUT2D eigenvalue weighted by molar-refractivity contribution is 0.218. The van der Waals surface area contributed by atoms with E-state index in [2.05, 4.69) is 48.5 Å². The minimum atomic E-state index is -0.0664. The number of aromatic amines is 1. The number of fused-ring (bicyclic) bond motifs is 2. The van der Waals surface area contributed by atoms with Gasteiger partial charge in [0.1, 0.15) is 17.8 Å². The van der Waals surface area contributed by atoms with E-state index in [0.717, 1.165) is 53.7 Å². The largest absolute Gasteiger partial charge is 0.356 e. The molecule has 1 aliphatic heterocycles. The van der Waals surface area contributed by atoms with Crippen molar-refractivity contribution < 1.29 is 4.79 Å². The van der Waals surface area contributed by atoms with Gasteiger partial charge in [-0.1, -0.05) is 18.7 Å². The van der Waals surface area contributed by atoms with Crippen LogP contribution in [-0.2, 0) is 0 Å². The Balaban J connectivity index is 1.20. The molecule has 158 valence electrons. The number of nitrogens with one attached hydrogen (secondary N) is 2. The number of carbonyl (C=O) groups is 1. The lowest BCUT2D eigenvalue weighted by Gasteiger charge is -2.27. The molecule has 9 nitrogen and oxygen atoms in total. The highest BCUT2D eigenvalue weighted by molar-refractivity contribution is 7.99. The van der Waals surface area contributed by atoms with Gasteiger partial charge in [0.25, 0.3) is 0 Å². The predicted molar refractivity (Wildman–Crippen MR) is 119 cm³/mol. The van der Waals surface area contributed by atoms with Crippen LogP contribution in [0.25, 0.3) is 11.0 Å². The second-order valence-corrected chi connectivity index (χ2v) is 9.83. The third kappa shape index (κ3) is 3.60. The first kappa shape index (κ1) is 19.6. The molecule has 1 saturated carbocycles. The number of aromatic nitrogens is 5. The molecule has 0 spiro atoms. The molecule has 0 unspecified atom stereocenters. The molecule has 2 amide bonds. The van der Waals surface area contributed by atoms with Gasteiger partial charge in [-0.25, -0.2) is 14.8 Å². The molecule has 11 heteroatoms. The van der Waals surface area contributed by atoms with Crippen molar-refractivity contribution >= 4 is 51.3 Å². The molecule has 1 saturated heterocycles. The van der Waals surface area contributed by atoms with Crippen molar-refractivity contribution in [1.29, 1.82) is 0 Å². The van der Waals surface area contributed by atoms with Crippen molar-refractivity contribution in [3.8, 4) is 0 Å². The van der Waals surface area contributed by atoms with Crippen LogP contribution < -0.4 is 10.2 Å². The minimum Gasteiger partial charge on any atom is -0.356 e. The summed E-state index contributed by atoms with van der Waals surface area (Å²) in [5.41, 5.74) is 0.866. The summed E-state index contributed by atoms with van der Waals surface area (Å²) in [6.07, 6.45) is 5.65. The minimum absolute atomic E-state index is 0.0664. The molecule has 0 radical (unpaired) electrons. The first-order valence-corrected chi connectivity index (χ1v) is 11.9. The lowest BCUT2D eigenvalue weighted by atomic mass is 10.0. The van der Waals surface area contributed by atoms with Crippen molar-refractivity contribution in [1.82, 2.24) is 29.2 Å². The van der Waals surface area contributed by atoms with E-state index in [0.29, 0.717) is 23.0 Å².